The van der Waals surface area contributed by atoms with Crippen LogP contribution in [0.2, 0.25) is 0 Å². The number of fused-ring (bicyclic) bond motifs is 1. The molecule has 3 N–H and O–H groups in total. The van der Waals surface area contributed by atoms with E-state index in [9.17, 15) is 10.2 Å². The largest absolute Gasteiger partial charge is 0.394 e. The Labute approximate surface area is 156 Å². The SMILES string of the molecule is C[C@]1(O)[C@@H](CO)O[C@@H](n2cnc3c(NC4CCCCC4)ncnc32)[C@]1(C)F. The van der Waals surface area contributed by atoms with E-state index < -0.39 is 30.2 Å². The molecule has 2 fully saturated rings. The lowest BCUT2D eigenvalue weighted by Gasteiger charge is -2.32. The number of nitrogens with zero attached hydrogens (tertiary/aromatic N) is 4. The number of aliphatic hydroxyl groups is 2. The van der Waals surface area contributed by atoms with Gasteiger partial charge in [0.25, 0.3) is 0 Å². The van der Waals surface area contributed by atoms with E-state index in [0.717, 1.165) is 12.8 Å². The summed E-state index contributed by atoms with van der Waals surface area (Å²) >= 11 is 0. The van der Waals surface area contributed by atoms with Gasteiger partial charge in [0.2, 0.25) is 0 Å². The Bertz CT molecular complexity index is 818. The minimum atomic E-state index is -2.14. The van der Waals surface area contributed by atoms with Crippen LogP contribution in [-0.2, 0) is 4.74 Å². The molecule has 2 aromatic heterocycles. The molecule has 1 saturated heterocycles. The van der Waals surface area contributed by atoms with Crippen molar-refractivity contribution in [1.29, 1.82) is 0 Å². The van der Waals surface area contributed by atoms with Crippen LogP contribution in [0.25, 0.3) is 11.2 Å². The van der Waals surface area contributed by atoms with E-state index in [0.29, 0.717) is 23.0 Å². The molecule has 0 unspecified atom stereocenters. The van der Waals surface area contributed by atoms with Crippen LogP contribution in [-0.4, -0.2) is 59.8 Å². The van der Waals surface area contributed by atoms with Crippen LogP contribution in [0.5, 0.6) is 0 Å². The van der Waals surface area contributed by atoms with E-state index in [1.807, 2.05) is 0 Å². The summed E-state index contributed by atoms with van der Waals surface area (Å²) in [5.41, 5.74) is -3.03. The molecule has 2 aromatic rings. The standard InChI is InChI=1S/C18H26FN5O3/c1-17(19)16(27-12(8-25)18(17,2)26)24-10-22-13-14(20-9-21-15(13)24)23-11-6-4-3-5-7-11/h9-12,16,25-26H,3-8H2,1-2H3,(H,20,21,23)/t12-,16-,17+,18+/m1/s1. The second-order valence-electron chi connectivity index (χ2n) is 7.91. The monoisotopic (exact) mass is 379 g/mol. The maximum Gasteiger partial charge on any atom is 0.183 e. The van der Waals surface area contributed by atoms with Crippen LogP contribution in [0.3, 0.4) is 0 Å². The highest BCUT2D eigenvalue weighted by Crippen LogP contribution is 2.48. The molecule has 0 spiro atoms. The average molecular weight is 379 g/mol. The van der Waals surface area contributed by atoms with Gasteiger partial charge in [0, 0.05) is 6.04 Å². The molecule has 1 saturated carbocycles. The Morgan fingerprint density at radius 1 is 1.26 bits per heavy atom. The Balaban J connectivity index is 1.69. The first kappa shape index (κ1) is 18.5. The molecule has 0 amide bonds. The molecule has 3 heterocycles. The van der Waals surface area contributed by atoms with Crippen molar-refractivity contribution in [3.05, 3.63) is 12.7 Å². The molecule has 148 valence electrons. The van der Waals surface area contributed by atoms with Crippen molar-refractivity contribution in [1.82, 2.24) is 19.5 Å². The molecule has 9 heteroatoms. The predicted molar refractivity (Wildman–Crippen MR) is 97.0 cm³/mol. The van der Waals surface area contributed by atoms with Gasteiger partial charge < -0.3 is 20.3 Å². The predicted octanol–water partition coefficient (Wildman–Crippen LogP) is 1.94. The van der Waals surface area contributed by atoms with E-state index in [-0.39, 0.29) is 0 Å². The van der Waals surface area contributed by atoms with Crippen molar-refractivity contribution in [3.63, 3.8) is 0 Å². The quantitative estimate of drug-likeness (QED) is 0.745. The molecular formula is C18H26FN5O3. The molecule has 4 rings (SSSR count). The smallest absolute Gasteiger partial charge is 0.183 e. The Hall–Kier alpha value is -1.84. The summed E-state index contributed by atoms with van der Waals surface area (Å²) in [7, 11) is 0. The number of hydrogen-bond acceptors (Lipinski definition) is 7. The van der Waals surface area contributed by atoms with E-state index >= 15 is 4.39 Å². The zero-order valence-electron chi connectivity index (χ0n) is 15.6. The van der Waals surface area contributed by atoms with Crippen molar-refractivity contribution in [2.45, 2.75) is 75.6 Å². The van der Waals surface area contributed by atoms with E-state index in [1.165, 1.54) is 50.3 Å². The Kier molecular flexibility index (Phi) is 4.56. The van der Waals surface area contributed by atoms with Crippen LogP contribution in [0, 0.1) is 0 Å². The lowest BCUT2D eigenvalue weighted by molar-refractivity contribution is -0.0891. The Morgan fingerprint density at radius 2 is 2.00 bits per heavy atom. The first-order valence-corrected chi connectivity index (χ1v) is 9.48. The first-order chi connectivity index (χ1) is 12.9. The lowest BCUT2D eigenvalue weighted by atomic mass is 9.85. The van der Waals surface area contributed by atoms with E-state index in [4.69, 9.17) is 4.74 Å². The van der Waals surface area contributed by atoms with Crippen LogP contribution in [0.4, 0.5) is 10.2 Å². The summed E-state index contributed by atoms with van der Waals surface area (Å²) in [5, 5.41) is 23.5. The summed E-state index contributed by atoms with van der Waals surface area (Å²) in [5.74, 6) is 0.620. The van der Waals surface area contributed by atoms with Crippen LogP contribution in [0.15, 0.2) is 12.7 Å². The van der Waals surface area contributed by atoms with Gasteiger partial charge in [-0.1, -0.05) is 19.3 Å². The minimum Gasteiger partial charge on any atom is -0.394 e. The van der Waals surface area contributed by atoms with Crippen molar-refractivity contribution in [2.75, 3.05) is 11.9 Å². The Morgan fingerprint density at radius 3 is 2.67 bits per heavy atom. The van der Waals surface area contributed by atoms with Gasteiger partial charge in [-0.05, 0) is 26.7 Å². The third-order valence-electron chi connectivity index (χ3n) is 6.10. The van der Waals surface area contributed by atoms with Crippen molar-refractivity contribution >= 4 is 17.0 Å². The fraction of sp³-hybridized carbons (Fsp3) is 0.722. The number of imidazole rings is 1. The molecule has 1 aliphatic heterocycles. The molecule has 27 heavy (non-hydrogen) atoms. The van der Waals surface area contributed by atoms with Gasteiger partial charge >= 0.3 is 0 Å². The van der Waals surface area contributed by atoms with Gasteiger partial charge in [0.15, 0.2) is 28.9 Å². The average Bonchev–Trinajstić information content (AvgIpc) is 3.14. The maximum absolute atomic E-state index is 15.5. The summed E-state index contributed by atoms with van der Waals surface area (Å²) in [6.07, 6.45) is 6.46. The van der Waals surface area contributed by atoms with Gasteiger partial charge in [0.05, 0.1) is 12.9 Å². The van der Waals surface area contributed by atoms with E-state index in [1.54, 1.807) is 0 Å². The van der Waals surface area contributed by atoms with Gasteiger partial charge in [-0.2, -0.15) is 0 Å². The van der Waals surface area contributed by atoms with Crippen LogP contribution >= 0.6 is 0 Å². The zero-order chi connectivity index (χ0) is 19.2. The molecule has 8 nitrogen and oxygen atoms in total. The molecule has 1 aliphatic carbocycles. The second-order valence-corrected chi connectivity index (χ2v) is 7.91. The fourth-order valence-electron chi connectivity index (χ4n) is 4.10. The molecule has 2 aliphatic rings. The first-order valence-electron chi connectivity index (χ1n) is 9.48. The number of nitrogens with one attached hydrogen (secondary N) is 1. The number of aromatic nitrogens is 4. The highest BCUT2D eigenvalue weighted by molar-refractivity contribution is 5.82. The number of ether oxygens (including phenoxy) is 1. The summed E-state index contributed by atoms with van der Waals surface area (Å²) < 4.78 is 22.6. The number of aliphatic hydroxyl groups excluding tert-OH is 1. The highest BCUT2D eigenvalue weighted by atomic mass is 19.1. The van der Waals surface area contributed by atoms with Gasteiger partial charge in [-0.15, -0.1) is 0 Å². The molecular weight excluding hydrogens is 353 g/mol. The lowest BCUT2D eigenvalue weighted by Crippen LogP contribution is -2.51. The number of hydrogen-bond donors (Lipinski definition) is 3. The normalized spacial score (nSPS) is 35.0. The number of halogens is 1. The molecule has 0 aromatic carbocycles. The third-order valence-corrected chi connectivity index (χ3v) is 6.10. The number of alkyl halides is 1. The van der Waals surface area contributed by atoms with Gasteiger partial charge in [-0.25, -0.2) is 19.3 Å². The highest BCUT2D eigenvalue weighted by Gasteiger charge is 2.63. The van der Waals surface area contributed by atoms with Gasteiger partial charge in [-0.3, -0.25) is 4.57 Å². The number of rotatable bonds is 4. The van der Waals surface area contributed by atoms with Crippen LogP contribution in [0.1, 0.15) is 52.2 Å². The fourth-order valence-corrected chi connectivity index (χ4v) is 4.10. The zero-order valence-corrected chi connectivity index (χ0v) is 15.6. The number of anilines is 1. The topological polar surface area (TPSA) is 105 Å². The summed E-state index contributed by atoms with van der Waals surface area (Å²) in [6.45, 7) is 2.11. The molecule has 4 atom stereocenters. The van der Waals surface area contributed by atoms with Crippen molar-refractivity contribution < 1.29 is 19.3 Å². The van der Waals surface area contributed by atoms with E-state index in [2.05, 4.69) is 20.3 Å². The second kappa shape index (κ2) is 6.65. The van der Waals surface area contributed by atoms with Crippen molar-refractivity contribution in [3.8, 4) is 0 Å². The summed E-state index contributed by atoms with van der Waals surface area (Å²) in [6, 6.07) is 0.343. The van der Waals surface area contributed by atoms with Gasteiger partial charge in [0.1, 0.15) is 18.0 Å². The summed E-state index contributed by atoms with van der Waals surface area (Å²) in [4.78, 5) is 13.0. The third kappa shape index (κ3) is 2.88. The maximum atomic E-state index is 15.5. The molecule has 0 bridgehead atoms. The van der Waals surface area contributed by atoms with Crippen molar-refractivity contribution in [2.24, 2.45) is 0 Å². The molecule has 0 radical (unpaired) electrons. The minimum absolute atomic E-state index is 0.343. The van der Waals surface area contributed by atoms with Crippen LogP contribution < -0.4 is 5.32 Å².